The maximum Gasteiger partial charge on any atom is 0.213 e. The van der Waals surface area contributed by atoms with E-state index in [0.29, 0.717) is 23.7 Å². The van der Waals surface area contributed by atoms with Gasteiger partial charge < -0.3 is 15.3 Å². The monoisotopic (exact) mass is 333 g/mol. The van der Waals surface area contributed by atoms with E-state index in [9.17, 15) is 10.0 Å². The number of nitrogens with one attached hydrogen (secondary N) is 1. The first-order valence-electron chi connectivity index (χ1n) is 6.80. The third kappa shape index (κ3) is 3.34. The van der Waals surface area contributed by atoms with Gasteiger partial charge in [-0.15, -0.1) is 0 Å². The third-order valence-electron chi connectivity index (χ3n) is 3.73. The highest BCUT2D eigenvalue weighted by Crippen LogP contribution is 2.37. The van der Waals surface area contributed by atoms with Crippen molar-refractivity contribution in [3.8, 4) is 5.75 Å². The first-order chi connectivity index (χ1) is 10.7. The minimum absolute atomic E-state index is 0. The second-order valence-corrected chi connectivity index (χ2v) is 5.98. The molecule has 0 fully saturated rings. The first-order valence-corrected chi connectivity index (χ1v) is 7.62. The molecule has 1 atom stereocenters. The Bertz CT molecular complexity index is 710. The van der Waals surface area contributed by atoms with Gasteiger partial charge in [0.05, 0.1) is 23.4 Å². The van der Waals surface area contributed by atoms with Crippen LogP contribution in [-0.2, 0) is 11.2 Å². The average molecular weight is 333 g/mol. The van der Waals surface area contributed by atoms with Gasteiger partial charge in [-0.2, -0.15) is 0 Å². The molecule has 1 aromatic heterocycles. The third-order valence-corrected chi connectivity index (χ3v) is 4.81. The summed E-state index contributed by atoms with van der Waals surface area (Å²) in [6.45, 7) is 0. The van der Waals surface area contributed by atoms with Crippen molar-refractivity contribution in [2.45, 2.75) is 26.2 Å². The Balaban J connectivity index is 0.00000192. The number of rotatable bonds is 4. The lowest BCUT2D eigenvalue weighted by atomic mass is 9.84. The Hall–Kier alpha value is -2.41. The summed E-state index contributed by atoms with van der Waals surface area (Å²) in [7, 11) is 1.63. The van der Waals surface area contributed by atoms with Crippen LogP contribution in [0.5, 0.6) is 5.75 Å². The van der Waals surface area contributed by atoms with Crippen LogP contribution in [0.4, 0.5) is 5.13 Å². The molecule has 122 valence electrons. The summed E-state index contributed by atoms with van der Waals surface area (Å²) in [5.74, 6) is 0.998. The average Bonchev–Trinajstić information content (AvgIpc) is 2.96. The second kappa shape index (κ2) is 7.23. The summed E-state index contributed by atoms with van der Waals surface area (Å²) in [6, 6.07) is 7.86. The minimum atomic E-state index is 0. The SMILES string of the molecule is C.COc1ccc(C2C/C(=N\O)c3sc(NC=O)nc3C2)cc1. The van der Waals surface area contributed by atoms with Crippen LogP contribution in [0.2, 0.25) is 0 Å². The molecule has 1 amide bonds. The van der Waals surface area contributed by atoms with Gasteiger partial charge in [0.2, 0.25) is 6.41 Å². The highest BCUT2D eigenvalue weighted by Gasteiger charge is 2.29. The van der Waals surface area contributed by atoms with Gasteiger partial charge in [-0.1, -0.05) is 36.1 Å². The van der Waals surface area contributed by atoms with Crippen LogP contribution in [0, 0.1) is 0 Å². The molecular weight excluding hydrogens is 314 g/mol. The number of benzene rings is 1. The van der Waals surface area contributed by atoms with Gasteiger partial charge in [-0.3, -0.25) is 4.79 Å². The van der Waals surface area contributed by atoms with E-state index in [0.717, 1.165) is 28.3 Å². The number of methoxy groups -OCH3 is 1. The van der Waals surface area contributed by atoms with Crippen molar-refractivity contribution in [1.82, 2.24) is 4.98 Å². The number of oxime groups is 1. The predicted molar refractivity (Wildman–Crippen MR) is 90.9 cm³/mol. The molecule has 1 aromatic carbocycles. The Morgan fingerprint density at radius 1 is 1.39 bits per heavy atom. The number of nitrogens with zero attached hydrogens (tertiary/aromatic N) is 2. The number of ether oxygens (including phenoxy) is 1. The Labute approximate surface area is 138 Å². The molecule has 0 spiro atoms. The molecule has 2 N–H and O–H groups in total. The van der Waals surface area contributed by atoms with Gasteiger partial charge in [0.1, 0.15) is 5.75 Å². The molecule has 1 aliphatic rings. The van der Waals surface area contributed by atoms with E-state index < -0.39 is 0 Å². The molecule has 1 heterocycles. The van der Waals surface area contributed by atoms with Crippen molar-refractivity contribution >= 4 is 28.6 Å². The molecule has 0 radical (unpaired) electrons. The molecular formula is C16H19N3O3S. The first kappa shape index (κ1) is 17.0. The van der Waals surface area contributed by atoms with Gasteiger partial charge in [0.25, 0.3) is 0 Å². The number of amides is 1. The van der Waals surface area contributed by atoms with Crippen LogP contribution in [0.1, 0.15) is 35.9 Å². The molecule has 2 aromatic rings. The number of carbonyl (C=O) groups excluding carboxylic acids is 1. The van der Waals surface area contributed by atoms with Crippen molar-refractivity contribution in [2.75, 3.05) is 12.4 Å². The van der Waals surface area contributed by atoms with E-state index in [1.54, 1.807) is 7.11 Å². The van der Waals surface area contributed by atoms with E-state index in [1.807, 2.05) is 24.3 Å². The fourth-order valence-corrected chi connectivity index (χ4v) is 3.60. The molecule has 0 bridgehead atoms. The number of anilines is 1. The molecule has 1 unspecified atom stereocenters. The van der Waals surface area contributed by atoms with Crippen molar-refractivity contribution in [3.05, 3.63) is 40.4 Å². The second-order valence-electron chi connectivity index (χ2n) is 4.98. The number of carbonyl (C=O) groups is 1. The Morgan fingerprint density at radius 3 is 2.74 bits per heavy atom. The summed E-state index contributed by atoms with van der Waals surface area (Å²) >= 11 is 1.33. The molecule has 7 heteroatoms. The molecule has 0 saturated carbocycles. The van der Waals surface area contributed by atoms with Crippen LogP contribution in [0.15, 0.2) is 29.4 Å². The summed E-state index contributed by atoms with van der Waals surface area (Å²) < 4.78 is 5.17. The number of thiazole rings is 1. The Kier molecular flexibility index (Phi) is 5.33. The van der Waals surface area contributed by atoms with Gasteiger partial charge >= 0.3 is 0 Å². The summed E-state index contributed by atoms with van der Waals surface area (Å²) in [5.41, 5.74) is 2.61. The lowest BCUT2D eigenvalue weighted by molar-refractivity contribution is -0.105. The number of hydrogen-bond acceptors (Lipinski definition) is 6. The minimum Gasteiger partial charge on any atom is -0.497 e. The maximum atomic E-state index is 10.5. The zero-order valence-electron chi connectivity index (χ0n) is 11.9. The van der Waals surface area contributed by atoms with Gasteiger partial charge in [0.15, 0.2) is 5.13 Å². The molecule has 3 rings (SSSR count). The molecule has 6 nitrogen and oxygen atoms in total. The highest BCUT2D eigenvalue weighted by atomic mass is 32.1. The van der Waals surface area contributed by atoms with Crippen molar-refractivity contribution in [2.24, 2.45) is 5.16 Å². The van der Waals surface area contributed by atoms with Gasteiger partial charge in [0, 0.05) is 6.42 Å². The normalized spacial score (nSPS) is 18.0. The van der Waals surface area contributed by atoms with Crippen molar-refractivity contribution in [3.63, 3.8) is 0 Å². The van der Waals surface area contributed by atoms with Crippen molar-refractivity contribution < 1.29 is 14.7 Å². The van der Waals surface area contributed by atoms with Gasteiger partial charge in [-0.25, -0.2) is 4.98 Å². The topological polar surface area (TPSA) is 83.8 Å². The van der Waals surface area contributed by atoms with Crippen LogP contribution in [0.3, 0.4) is 0 Å². The van der Waals surface area contributed by atoms with E-state index >= 15 is 0 Å². The lowest BCUT2D eigenvalue weighted by Gasteiger charge is -2.22. The zero-order valence-corrected chi connectivity index (χ0v) is 12.8. The number of hydrogen-bond donors (Lipinski definition) is 2. The molecule has 0 saturated heterocycles. The molecule has 1 aliphatic carbocycles. The smallest absolute Gasteiger partial charge is 0.213 e. The largest absolute Gasteiger partial charge is 0.497 e. The lowest BCUT2D eigenvalue weighted by Crippen LogP contribution is -2.18. The van der Waals surface area contributed by atoms with Crippen LogP contribution >= 0.6 is 11.3 Å². The maximum absolute atomic E-state index is 10.5. The van der Waals surface area contributed by atoms with E-state index in [-0.39, 0.29) is 13.3 Å². The summed E-state index contributed by atoms with van der Waals surface area (Å²) in [5, 5.41) is 15.8. The van der Waals surface area contributed by atoms with Crippen LogP contribution in [-0.4, -0.2) is 29.4 Å². The van der Waals surface area contributed by atoms with Crippen molar-refractivity contribution in [1.29, 1.82) is 0 Å². The quantitative estimate of drug-likeness (QED) is 0.511. The standard InChI is InChI=1S/C15H15N3O3S.CH4/c1-21-11-4-2-9(3-5-11)10-6-12-14(13(7-10)18-20)22-15(17-12)16-8-19;/h2-5,8,10,20H,6-7H2,1H3,(H,16,17,19);1H4/b18-13+;. The predicted octanol–water partition coefficient (Wildman–Crippen LogP) is 3.26. The molecule has 23 heavy (non-hydrogen) atoms. The highest BCUT2D eigenvalue weighted by molar-refractivity contribution is 7.17. The van der Waals surface area contributed by atoms with E-state index in [2.05, 4.69) is 15.5 Å². The fraction of sp³-hybridized carbons (Fsp3) is 0.312. The van der Waals surface area contributed by atoms with Gasteiger partial charge in [-0.05, 0) is 30.0 Å². The zero-order chi connectivity index (χ0) is 15.5. The van der Waals surface area contributed by atoms with E-state index in [4.69, 9.17) is 4.74 Å². The van der Waals surface area contributed by atoms with E-state index in [1.165, 1.54) is 11.3 Å². The van der Waals surface area contributed by atoms with Crippen LogP contribution in [0.25, 0.3) is 0 Å². The molecule has 0 aliphatic heterocycles. The fourth-order valence-electron chi connectivity index (χ4n) is 2.66. The summed E-state index contributed by atoms with van der Waals surface area (Å²) in [4.78, 5) is 15.8. The summed E-state index contributed by atoms with van der Waals surface area (Å²) in [6.07, 6.45) is 1.98. The number of aromatic nitrogens is 1. The number of fused-ring (bicyclic) bond motifs is 1. The van der Waals surface area contributed by atoms with Crippen LogP contribution < -0.4 is 10.1 Å². The Morgan fingerprint density at radius 2 is 2.13 bits per heavy atom.